The lowest BCUT2D eigenvalue weighted by Crippen LogP contribution is -2.49. The highest BCUT2D eigenvalue weighted by Gasteiger charge is 2.29. The van der Waals surface area contributed by atoms with E-state index in [4.69, 9.17) is 34.8 Å². The number of aryl methyl sites for hydroxylation is 1. The molecule has 0 fully saturated rings. The summed E-state index contributed by atoms with van der Waals surface area (Å²) in [5.74, 6) is -0.579. The van der Waals surface area contributed by atoms with Gasteiger partial charge in [0.15, 0.2) is 0 Å². The molecule has 2 rings (SSSR count). The van der Waals surface area contributed by atoms with Crippen LogP contribution in [0.15, 0.2) is 36.4 Å². The second kappa shape index (κ2) is 13.5. The van der Waals surface area contributed by atoms with Gasteiger partial charge in [0.1, 0.15) is 6.04 Å². The largest absolute Gasteiger partial charge is 0.355 e. The number of likely N-dealkylation sites (N-methyl/N-ethyl adjacent to an activating group) is 1. The van der Waals surface area contributed by atoms with Crippen molar-refractivity contribution >= 4 is 62.3 Å². The third-order valence-electron chi connectivity index (χ3n) is 5.72. The van der Waals surface area contributed by atoms with Gasteiger partial charge in [0.2, 0.25) is 21.8 Å². The van der Waals surface area contributed by atoms with Gasteiger partial charge in [0, 0.05) is 46.7 Å². The standard InChI is InChI=1S/C25H32Cl3N3O4S/c1-5-22(25(33)29-6-2)30(16-19-20(27)9-7-10-21(19)28)24(32)11-8-14-31(36(4,34)35)23-15-18(26)13-12-17(23)3/h7,9-10,12-13,15,22H,5-6,8,11,14,16H2,1-4H3,(H,29,33)/t22-/m0/s1. The Hall–Kier alpha value is -2.00. The van der Waals surface area contributed by atoms with Crippen LogP contribution < -0.4 is 9.62 Å². The van der Waals surface area contributed by atoms with Gasteiger partial charge in [0.05, 0.1) is 11.9 Å². The number of carbonyl (C=O) groups is 2. The van der Waals surface area contributed by atoms with E-state index < -0.39 is 16.1 Å². The lowest BCUT2D eigenvalue weighted by Gasteiger charge is -2.31. The number of amides is 2. The highest BCUT2D eigenvalue weighted by Crippen LogP contribution is 2.29. The molecular formula is C25H32Cl3N3O4S. The molecule has 1 atom stereocenters. The predicted molar refractivity (Wildman–Crippen MR) is 147 cm³/mol. The van der Waals surface area contributed by atoms with Crippen LogP contribution in [0.1, 0.15) is 44.2 Å². The lowest BCUT2D eigenvalue weighted by atomic mass is 10.1. The Morgan fingerprint density at radius 1 is 1.06 bits per heavy atom. The van der Waals surface area contributed by atoms with Crippen LogP contribution in [0.4, 0.5) is 5.69 Å². The second-order valence-electron chi connectivity index (χ2n) is 8.41. The van der Waals surface area contributed by atoms with E-state index in [9.17, 15) is 18.0 Å². The molecule has 2 amide bonds. The van der Waals surface area contributed by atoms with Gasteiger partial charge >= 0.3 is 0 Å². The first-order chi connectivity index (χ1) is 16.9. The average Bonchev–Trinajstić information content (AvgIpc) is 2.79. The van der Waals surface area contributed by atoms with Crippen LogP contribution in [0.5, 0.6) is 0 Å². The van der Waals surface area contributed by atoms with Gasteiger partial charge in [-0.25, -0.2) is 8.42 Å². The smallest absolute Gasteiger partial charge is 0.242 e. The van der Waals surface area contributed by atoms with Crippen molar-refractivity contribution < 1.29 is 18.0 Å². The summed E-state index contributed by atoms with van der Waals surface area (Å²) in [4.78, 5) is 27.7. The molecule has 0 saturated carbocycles. The number of sulfonamides is 1. The third kappa shape index (κ3) is 8.00. The molecule has 36 heavy (non-hydrogen) atoms. The molecule has 0 heterocycles. The maximum Gasteiger partial charge on any atom is 0.242 e. The maximum absolute atomic E-state index is 13.4. The van der Waals surface area contributed by atoms with Crippen LogP contribution in [0.2, 0.25) is 15.1 Å². The number of hydrogen-bond donors (Lipinski definition) is 1. The third-order valence-corrected chi connectivity index (χ3v) is 7.84. The fourth-order valence-corrected chi connectivity index (χ4v) is 5.60. The summed E-state index contributed by atoms with van der Waals surface area (Å²) < 4.78 is 26.3. The van der Waals surface area contributed by atoms with E-state index in [0.717, 1.165) is 11.8 Å². The van der Waals surface area contributed by atoms with Crippen molar-refractivity contribution in [1.82, 2.24) is 10.2 Å². The van der Waals surface area contributed by atoms with Gasteiger partial charge in [-0.15, -0.1) is 0 Å². The van der Waals surface area contributed by atoms with E-state index in [1.165, 1.54) is 9.21 Å². The van der Waals surface area contributed by atoms with Crippen LogP contribution in [-0.4, -0.2) is 50.5 Å². The fraction of sp³-hybridized carbons (Fsp3) is 0.440. The molecule has 0 aromatic heterocycles. The number of halogens is 3. The van der Waals surface area contributed by atoms with Crippen LogP contribution in [0.25, 0.3) is 0 Å². The van der Waals surface area contributed by atoms with E-state index in [-0.39, 0.29) is 37.7 Å². The van der Waals surface area contributed by atoms with E-state index in [0.29, 0.717) is 39.3 Å². The number of nitrogens with one attached hydrogen (secondary N) is 1. The monoisotopic (exact) mass is 575 g/mol. The highest BCUT2D eigenvalue weighted by atomic mass is 35.5. The first-order valence-electron chi connectivity index (χ1n) is 11.6. The molecule has 0 aliphatic carbocycles. The molecule has 0 spiro atoms. The normalized spacial score (nSPS) is 12.2. The molecule has 0 aliphatic rings. The highest BCUT2D eigenvalue weighted by molar-refractivity contribution is 7.92. The zero-order valence-electron chi connectivity index (χ0n) is 20.9. The van der Waals surface area contributed by atoms with Gasteiger partial charge in [-0.3, -0.25) is 13.9 Å². The van der Waals surface area contributed by atoms with Crippen molar-refractivity contribution in [3.05, 3.63) is 62.6 Å². The SMILES string of the molecule is CCNC(=O)[C@H](CC)N(Cc1c(Cl)cccc1Cl)C(=O)CCCN(c1cc(Cl)ccc1C)S(C)(=O)=O. The van der Waals surface area contributed by atoms with Gasteiger partial charge in [-0.2, -0.15) is 0 Å². The van der Waals surface area contributed by atoms with Gasteiger partial charge in [-0.1, -0.05) is 53.9 Å². The first kappa shape index (κ1) is 30.2. The van der Waals surface area contributed by atoms with E-state index in [2.05, 4.69) is 5.32 Å². The van der Waals surface area contributed by atoms with Crippen molar-refractivity contribution in [2.24, 2.45) is 0 Å². The van der Waals surface area contributed by atoms with E-state index in [1.54, 1.807) is 50.2 Å². The van der Waals surface area contributed by atoms with Crippen molar-refractivity contribution in [1.29, 1.82) is 0 Å². The summed E-state index contributed by atoms with van der Waals surface area (Å²) in [7, 11) is -3.63. The Balaban J connectivity index is 2.29. The lowest BCUT2D eigenvalue weighted by molar-refractivity contribution is -0.141. The first-order valence-corrected chi connectivity index (χ1v) is 14.6. The Kier molecular flexibility index (Phi) is 11.3. The minimum Gasteiger partial charge on any atom is -0.355 e. The van der Waals surface area contributed by atoms with E-state index in [1.807, 2.05) is 6.92 Å². The van der Waals surface area contributed by atoms with Crippen molar-refractivity contribution in [3.8, 4) is 0 Å². The molecule has 198 valence electrons. The molecule has 0 bridgehead atoms. The molecule has 0 aliphatic heterocycles. The number of carbonyl (C=O) groups excluding carboxylic acids is 2. The van der Waals surface area contributed by atoms with Gasteiger partial charge < -0.3 is 10.2 Å². The number of nitrogens with zero attached hydrogens (tertiary/aromatic N) is 2. The molecule has 0 radical (unpaired) electrons. The number of benzene rings is 2. The summed E-state index contributed by atoms with van der Waals surface area (Å²) in [5.41, 5.74) is 1.75. The van der Waals surface area contributed by atoms with Crippen molar-refractivity contribution in [2.75, 3.05) is 23.7 Å². The molecule has 11 heteroatoms. The second-order valence-corrected chi connectivity index (χ2v) is 11.6. The summed E-state index contributed by atoms with van der Waals surface area (Å²) in [6.07, 6.45) is 1.75. The van der Waals surface area contributed by atoms with Crippen LogP contribution in [0, 0.1) is 6.92 Å². The van der Waals surface area contributed by atoms with Crippen LogP contribution in [-0.2, 0) is 26.2 Å². The summed E-state index contributed by atoms with van der Waals surface area (Å²) >= 11 is 18.8. The van der Waals surface area contributed by atoms with Gasteiger partial charge in [0.25, 0.3) is 0 Å². The predicted octanol–water partition coefficient (Wildman–Crippen LogP) is 5.44. The molecule has 2 aromatic rings. The Labute approximate surface area is 228 Å². The molecule has 1 N–H and O–H groups in total. The summed E-state index contributed by atoms with van der Waals surface area (Å²) in [6, 6.07) is 9.35. The average molecular weight is 577 g/mol. The van der Waals surface area contributed by atoms with Crippen molar-refractivity contribution in [2.45, 2.75) is 52.6 Å². The quantitative estimate of drug-likeness (QED) is 0.364. The molecule has 0 saturated heterocycles. The summed E-state index contributed by atoms with van der Waals surface area (Å²) in [6.45, 7) is 5.97. The molecule has 2 aromatic carbocycles. The minimum atomic E-state index is -3.63. The molecular weight excluding hydrogens is 545 g/mol. The number of hydrogen-bond acceptors (Lipinski definition) is 4. The molecule has 0 unspecified atom stereocenters. The zero-order chi connectivity index (χ0) is 27.0. The summed E-state index contributed by atoms with van der Waals surface area (Å²) in [5, 5.41) is 3.98. The minimum absolute atomic E-state index is 0.0175. The maximum atomic E-state index is 13.4. The number of anilines is 1. The van der Waals surface area contributed by atoms with E-state index >= 15 is 0 Å². The Bertz CT molecular complexity index is 1170. The number of rotatable bonds is 12. The van der Waals surface area contributed by atoms with Gasteiger partial charge in [-0.05, 0) is 56.5 Å². The van der Waals surface area contributed by atoms with Crippen molar-refractivity contribution in [3.63, 3.8) is 0 Å². The topological polar surface area (TPSA) is 86.8 Å². The zero-order valence-corrected chi connectivity index (χ0v) is 23.9. The van der Waals surface area contributed by atoms with Crippen LogP contribution >= 0.6 is 34.8 Å². The van der Waals surface area contributed by atoms with Crippen LogP contribution in [0.3, 0.4) is 0 Å². The Morgan fingerprint density at radius 2 is 1.69 bits per heavy atom. The fourth-order valence-electron chi connectivity index (χ4n) is 3.90. The molecule has 7 nitrogen and oxygen atoms in total. The Morgan fingerprint density at radius 3 is 2.25 bits per heavy atom.